The number of nitrogens with zero attached hydrogens (tertiary/aromatic N) is 1. The average molecular weight is 383 g/mol. The largest absolute Gasteiger partial charge is 0.279 e. The van der Waals surface area contributed by atoms with E-state index in [0.29, 0.717) is 15.6 Å². The maximum absolute atomic E-state index is 12.5. The molecule has 2 aromatic rings. The summed E-state index contributed by atoms with van der Waals surface area (Å²) in [7, 11) is 0. The molecule has 4 nitrogen and oxygen atoms in total. The van der Waals surface area contributed by atoms with Crippen molar-refractivity contribution in [2.75, 3.05) is 0 Å². The van der Waals surface area contributed by atoms with Crippen molar-refractivity contribution in [3.05, 3.63) is 69.2 Å². The van der Waals surface area contributed by atoms with Crippen LogP contribution in [0.25, 0.3) is 0 Å². The Balaban J connectivity index is 1.95. The van der Waals surface area contributed by atoms with Gasteiger partial charge in [0.05, 0.1) is 21.2 Å². The summed E-state index contributed by atoms with van der Waals surface area (Å²) in [5.41, 5.74) is 1.17. The molecule has 0 radical (unpaired) electrons. The zero-order valence-electron chi connectivity index (χ0n) is 12.1. The normalized spacial score (nSPS) is 14.7. The Morgan fingerprint density at radius 3 is 2.04 bits per heavy atom. The number of carbonyl (C=O) groups is 3. The van der Waals surface area contributed by atoms with E-state index in [1.54, 1.807) is 42.5 Å². The number of hydrogen-bond acceptors (Lipinski definition) is 3. The lowest BCUT2D eigenvalue weighted by molar-refractivity contribution is -0.115. The maximum Gasteiger partial charge on any atom is 0.262 e. The molecule has 0 spiro atoms. The van der Waals surface area contributed by atoms with Gasteiger partial charge in [0, 0.05) is 6.42 Å². The lowest BCUT2D eigenvalue weighted by Gasteiger charge is -2.23. The van der Waals surface area contributed by atoms with Gasteiger partial charge in [0.15, 0.2) is 0 Å². The zero-order chi connectivity index (χ0) is 17.4. The number of hydrogen-bond donors (Lipinski definition) is 0. The number of amides is 2. The monoisotopic (exact) mass is 381 g/mol. The first-order valence-electron chi connectivity index (χ1n) is 7.00. The molecule has 0 aliphatic carbocycles. The van der Waals surface area contributed by atoms with Gasteiger partial charge in [-0.2, -0.15) is 0 Å². The van der Waals surface area contributed by atoms with Crippen molar-refractivity contribution in [2.24, 2.45) is 0 Å². The highest BCUT2D eigenvalue weighted by atomic mass is 35.5. The summed E-state index contributed by atoms with van der Waals surface area (Å²) in [6.07, 6.45) is 0.0602. The van der Waals surface area contributed by atoms with E-state index in [2.05, 4.69) is 0 Å². The Morgan fingerprint density at radius 2 is 1.54 bits per heavy atom. The van der Waals surface area contributed by atoms with Crippen LogP contribution >= 0.6 is 34.8 Å². The van der Waals surface area contributed by atoms with Crippen LogP contribution in [-0.2, 0) is 11.2 Å². The van der Waals surface area contributed by atoms with Gasteiger partial charge >= 0.3 is 0 Å². The van der Waals surface area contributed by atoms with Crippen LogP contribution in [0.5, 0.6) is 0 Å². The fourth-order valence-corrected chi connectivity index (χ4v) is 3.15. The molecular formula is C17H10Cl3NO3. The molecule has 1 aliphatic heterocycles. The van der Waals surface area contributed by atoms with Gasteiger partial charge in [-0.15, -0.1) is 0 Å². The van der Waals surface area contributed by atoms with Crippen molar-refractivity contribution >= 4 is 51.9 Å². The fraction of sp³-hybridized carbons (Fsp3) is 0.118. The van der Waals surface area contributed by atoms with Crippen LogP contribution in [0.4, 0.5) is 0 Å². The van der Waals surface area contributed by atoms with Crippen molar-refractivity contribution < 1.29 is 14.4 Å². The number of halogens is 3. The van der Waals surface area contributed by atoms with Crippen molar-refractivity contribution in [1.29, 1.82) is 0 Å². The van der Waals surface area contributed by atoms with Crippen molar-refractivity contribution in [3.63, 3.8) is 0 Å². The smallest absolute Gasteiger partial charge is 0.262 e. The molecule has 1 heterocycles. The Kier molecular flexibility index (Phi) is 4.63. The minimum atomic E-state index is -1.11. The van der Waals surface area contributed by atoms with E-state index in [1.165, 1.54) is 0 Å². The van der Waals surface area contributed by atoms with Crippen LogP contribution in [-0.4, -0.2) is 28.0 Å². The quantitative estimate of drug-likeness (QED) is 0.594. The van der Waals surface area contributed by atoms with Gasteiger partial charge in [-0.1, -0.05) is 41.4 Å². The van der Waals surface area contributed by atoms with E-state index in [1.807, 2.05) is 0 Å². The van der Waals surface area contributed by atoms with E-state index >= 15 is 0 Å². The molecule has 3 rings (SSSR count). The van der Waals surface area contributed by atoms with Crippen LogP contribution in [0.1, 0.15) is 26.3 Å². The minimum Gasteiger partial charge on any atom is -0.279 e. The molecule has 24 heavy (non-hydrogen) atoms. The number of fused-ring (bicyclic) bond motifs is 1. The molecule has 2 amide bonds. The number of carbonyl (C=O) groups excluding carboxylic acids is 3. The van der Waals surface area contributed by atoms with Gasteiger partial charge in [0.25, 0.3) is 11.8 Å². The highest BCUT2D eigenvalue weighted by Gasteiger charge is 2.42. The summed E-state index contributed by atoms with van der Waals surface area (Å²) in [6.45, 7) is 0. The van der Waals surface area contributed by atoms with Gasteiger partial charge in [-0.25, -0.2) is 0 Å². The summed E-state index contributed by atoms with van der Waals surface area (Å²) in [5, 5.41) is -0.109. The summed E-state index contributed by atoms with van der Waals surface area (Å²) < 4.78 is 0. The molecule has 1 atom stereocenters. The molecule has 0 bridgehead atoms. The molecule has 122 valence electrons. The van der Waals surface area contributed by atoms with Gasteiger partial charge in [-0.05, 0) is 41.4 Å². The number of rotatable bonds is 4. The number of benzene rings is 2. The molecule has 0 fully saturated rings. The first-order valence-corrected chi connectivity index (χ1v) is 8.13. The molecule has 2 aromatic carbocycles. The maximum atomic E-state index is 12.5. The van der Waals surface area contributed by atoms with Crippen LogP contribution in [0.3, 0.4) is 0 Å². The Hall–Kier alpha value is -1.88. The van der Waals surface area contributed by atoms with Gasteiger partial charge in [0.1, 0.15) is 6.04 Å². The molecule has 0 N–H and O–H groups in total. The average Bonchev–Trinajstić information content (AvgIpc) is 2.80. The fourth-order valence-electron chi connectivity index (χ4n) is 2.65. The van der Waals surface area contributed by atoms with Crippen LogP contribution in [0, 0.1) is 0 Å². The van der Waals surface area contributed by atoms with Gasteiger partial charge in [0.2, 0.25) is 5.24 Å². The van der Waals surface area contributed by atoms with Crippen molar-refractivity contribution in [3.8, 4) is 0 Å². The minimum absolute atomic E-state index is 0.0602. The molecule has 1 aliphatic rings. The first kappa shape index (κ1) is 17.0. The SMILES string of the molecule is O=C(Cl)[C@H](Cc1ccc(Cl)c(Cl)c1)N1C(=O)c2ccccc2C1=O. The van der Waals surface area contributed by atoms with E-state index in [4.69, 9.17) is 34.8 Å². The van der Waals surface area contributed by atoms with Gasteiger partial charge in [-0.3, -0.25) is 19.3 Å². The summed E-state index contributed by atoms with van der Waals surface area (Å²) in [5.74, 6) is -1.07. The summed E-state index contributed by atoms with van der Waals surface area (Å²) >= 11 is 17.5. The third-order valence-corrected chi connectivity index (χ3v) is 4.80. The Morgan fingerprint density at radius 1 is 0.958 bits per heavy atom. The van der Waals surface area contributed by atoms with E-state index in [9.17, 15) is 14.4 Å². The predicted octanol–water partition coefficient (Wildman–Crippen LogP) is 3.97. The highest BCUT2D eigenvalue weighted by Crippen LogP contribution is 2.28. The standard InChI is InChI=1S/C17H10Cl3NO3/c18-12-6-5-9(7-13(12)19)8-14(15(20)22)21-16(23)10-3-1-2-4-11(10)17(21)24/h1-7,14H,8H2/t14-/m0/s1. The predicted molar refractivity (Wildman–Crippen MR) is 91.8 cm³/mol. The lowest BCUT2D eigenvalue weighted by atomic mass is 10.1. The molecule has 0 saturated carbocycles. The summed E-state index contributed by atoms with van der Waals surface area (Å²) in [6, 6.07) is 10.1. The molecule has 0 aromatic heterocycles. The zero-order valence-corrected chi connectivity index (χ0v) is 14.4. The molecular weight excluding hydrogens is 373 g/mol. The van der Waals surface area contributed by atoms with Crippen molar-refractivity contribution in [2.45, 2.75) is 12.5 Å². The molecule has 0 unspecified atom stereocenters. The van der Waals surface area contributed by atoms with Crippen LogP contribution in [0.15, 0.2) is 42.5 Å². The van der Waals surface area contributed by atoms with E-state index in [0.717, 1.165) is 4.90 Å². The lowest BCUT2D eigenvalue weighted by Crippen LogP contribution is -2.44. The Bertz CT molecular complexity index is 831. The van der Waals surface area contributed by atoms with Crippen LogP contribution < -0.4 is 0 Å². The van der Waals surface area contributed by atoms with E-state index in [-0.39, 0.29) is 17.5 Å². The third kappa shape index (κ3) is 2.93. The van der Waals surface area contributed by atoms with Crippen molar-refractivity contribution in [1.82, 2.24) is 4.90 Å². The second-order valence-electron chi connectivity index (χ2n) is 5.30. The van der Waals surface area contributed by atoms with Crippen LogP contribution in [0.2, 0.25) is 10.0 Å². The van der Waals surface area contributed by atoms with Gasteiger partial charge < -0.3 is 0 Å². The third-order valence-electron chi connectivity index (χ3n) is 3.81. The second kappa shape index (κ2) is 6.55. The second-order valence-corrected chi connectivity index (χ2v) is 6.49. The number of imide groups is 1. The summed E-state index contributed by atoms with van der Waals surface area (Å²) in [4.78, 5) is 37.8. The van der Waals surface area contributed by atoms with E-state index < -0.39 is 23.1 Å². The first-order chi connectivity index (χ1) is 11.4. The Labute approximate surface area is 152 Å². The highest BCUT2D eigenvalue weighted by molar-refractivity contribution is 6.65. The molecule has 7 heteroatoms. The topological polar surface area (TPSA) is 54.5 Å². The molecule has 0 saturated heterocycles.